The van der Waals surface area contributed by atoms with Crippen LogP contribution in [-0.2, 0) is 5.75 Å². The van der Waals surface area contributed by atoms with Gasteiger partial charge in [-0.15, -0.1) is 11.3 Å². The quantitative estimate of drug-likeness (QED) is 0.272. The van der Waals surface area contributed by atoms with Gasteiger partial charge in [0, 0.05) is 28.4 Å². The van der Waals surface area contributed by atoms with Crippen molar-refractivity contribution >= 4 is 50.6 Å². The summed E-state index contributed by atoms with van der Waals surface area (Å²) in [5, 5.41) is 2.77. The highest BCUT2D eigenvalue weighted by Crippen LogP contribution is 2.36. The maximum Gasteiger partial charge on any atom is 0.137 e. The minimum atomic E-state index is 0.698. The number of benzene rings is 1. The summed E-state index contributed by atoms with van der Waals surface area (Å²) in [5.74, 6) is 0.738. The number of imidazole rings is 1. The Balaban J connectivity index is 1.45. The molecule has 0 aliphatic rings. The average molecular weight is 409 g/mol. The molecule has 0 bridgehead atoms. The highest BCUT2D eigenvalue weighted by molar-refractivity contribution is 7.98. The molecule has 27 heavy (non-hydrogen) atoms. The predicted molar refractivity (Wildman–Crippen MR) is 113 cm³/mol. The Hall–Kier alpha value is -2.41. The fourth-order valence-electron chi connectivity index (χ4n) is 2.92. The van der Waals surface area contributed by atoms with Crippen LogP contribution in [0.15, 0.2) is 72.3 Å². The zero-order valence-electron chi connectivity index (χ0n) is 14.0. The molecule has 0 unspecified atom stereocenters. The Bertz CT molecular complexity index is 1250. The monoisotopic (exact) mass is 408 g/mol. The maximum atomic E-state index is 6.05. The molecule has 1 aromatic carbocycles. The van der Waals surface area contributed by atoms with Gasteiger partial charge in [-0.05, 0) is 23.8 Å². The lowest BCUT2D eigenvalue weighted by atomic mass is 10.2. The van der Waals surface area contributed by atoms with Crippen molar-refractivity contribution < 1.29 is 0 Å². The molecular formula is C20H13ClN4S2. The van der Waals surface area contributed by atoms with Gasteiger partial charge in [0.2, 0.25) is 0 Å². The molecule has 0 atom stereocenters. The van der Waals surface area contributed by atoms with Crippen LogP contribution >= 0.6 is 34.7 Å². The minimum absolute atomic E-state index is 0.698. The molecule has 5 rings (SSSR count). The van der Waals surface area contributed by atoms with Gasteiger partial charge in [-0.2, -0.15) is 0 Å². The van der Waals surface area contributed by atoms with Crippen LogP contribution in [0.25, 0.3) is 26.3 Å². The summed E-state index contributed by atoms with van der Waals surface area (Å²) in [6.07, 6.45) is 5.51. The van der Waals surface area contributed by atoms with E-state index in [1.165, 1.54) is 10.4 Å². The molecule has 0 amide bonds. The van der Waals surface area contributed by atoms with Crippen LogP contribution in [0.1, 0.15) is 5.69 Å². The second-order valence-corrected chi connectivity index (χ2v) is 8.44. The van der Waals surface area contributed by atoms with Crippen molar-refractivity contribution in [3.63, 3.8) is 0 Å². The number of fused-ring (bicyclic) bond motifs is 2. The summed E-state index contributed by atoms with van der Waals surface area (Å²) in [5.41, 5.74) is 3.09. The third-order valence-electron chi connectivity index (χ3n) is 4.17. The van der Waals surface area contributed by atoms with Crippen molar-refractivity contribution in [2.75, 3.05) is 0 Å². The first-order chi connectivity index (χ1) is 13.3. The van der Waals surface area contributed by atoms with E-state index in [0.29, 0.717) is 5.02 Å². The summed E-state index contributed by atoms with van der Waals surface area (Å²) in [7, 11) is 0. The largest absolute Gasteiger partial charge is 0.305 e. The van der Waals surface area contributed by atoms with E-state index < -0.39 is 0 Å². The summed E-state index contributed by atoms with van der Waals surface area (Å²) < 4.78 is 1.95. The van der Waals surface area contributed by atoms with Crippen LogP contribution in [0.4, 0.5) is 0 Å². The van der Waals surface area contributed by atoms with Gasteiger partial charge in [-0.3, -0.25) is 0 Å². The first kappa shape index (κ1) is 16.7. The summed E-state index contributed by atoms with van der Waals surface area (Å²) in [6.45, 7) is 0. The molecular weight excluding hydrogens is 396 g/mol. The van der Waals surface area contributed by atoms with Crippen molar-refractivity contribution in [1.82, 2.24) is 19.4 Å². The smallest absolute Gasteiger partial charge is 0.137 e. The van der Waals surface area contributed by atoms with Gasteiger partial charge in [0.1, 0.15) is 21.8 Å². The van der Waals surface area contributed by atoms with Crippen molar-refractivity contribution in [1.29, 1.82) is 0 Å². The lowest BCUT2D eigenvalue weighted by Crippen LogP contribution is -1.85. The first-order valence-electron chi connectivity index (χ1n) is 8.32. The molecule has 4 aromatic heterocycles. The van der Waals surface area contributed by atoms with Crippen molar-refractivity contribution in [3.8, 4) is 10.4 Å². The topological polar surface area (TPSA) is 43.1 Å². The lowest BCUT2D eigenvalue weighted by Gasteiger charge is -1.99. The van der Waals surface area contributed by atoms with E-state index in [2.05, 4.69) is 45.3 Å². The zero-order valence-corrected chi connectivity index (χ0v) is 16.4. The highest BCUT2D eigenvalue weighted by Gasteiger charge is 2.11. The highest BCUT2D eigenvalue weighted by atomic mass is 35.5. The van der Waals surface area contributed by atoms with Gasteiger partial charge in [0.15, 0.2) is 0 Å². The molecule has 0 N–H and O–H groups in total. The van der Waals surface area contributed by atoms with Crippen molar-refractivity contribution in [3.05, 3.63) is 78.0 Å². The van der Waals surface area contributed by atoms with E-state index >= 15 is 0 Å². The van der Waals surface area contributed by atoms with E-state index in [1.54, 1.807) is 29.4 Å². The molecule has 132 valence electrons. The van der Waals surface area contributed by atoms with Crippen LogP contribution in [0.3, 0.4) is 0 Å². The molecule has 0 saturated carbocycles. The fraction of sp³-hybridized carbons (Fsp3) is 0.0500. The second-order valence-electron chi connectivity index (χ2n) is 6.01. The lowest BCUT2D eigenvalue weighted by molar-refractivity contribution is 1.10. The van der Waals surface area contributed by atoms with Gasteiger partial charge >= 0.3 is 0 Å². The number of hydrogen-bond donors (Lipinski definition) is 0. The third-order valence-corrected chi connectivity index (χ3v) is 6.53. The summed E-state index contributed by atoms with van der Waals surface area (Å²) >= 11 is 9.42. The van der Waals surface area contributed by atoms with E-state index in [0.717, 1.165) is 32.3 Å². The average Bonchev–Trinajstić information content (AvgIpc) is 3.30. The molecule has 7 heteroatoms. The Morgan fingerprint density at radius 1 is 1.04 bits per heavy atom. The Morgan fingerprint density at radius 3 is 2.81 bits per heavy atom. The predicted octanol–water partition coefficient (Wildman–Crippen LogP) is 5.95. The minimum Gasteiger partial charge on any atom is -0.305 e. The van der Waals surface area contributed by atoms with Crippen LogP contribution in [0.2, 0.25) is 5.02 Å². The van der Waals surface area contributed by atoms with Crippen molar-refractivity contribution in [2.45, 2.75) is 10.8 Å². The molecule has 0 spiro atoms. The standard InChI is InChI=1S/C20H13ClN4S2/c21-14-6-7-18-24-15(10-25(18)9-14)11-26-19-16-8-17(13-4-2-1-3-5-13)27-20(16)23-12-22-19/h1-10,12H,11H2. The first-order valence-corrected chi connectivity index (χ1v) is 10.5. The molecule has 0 saturated heterocycles. The molecule has 5 aromatic rings. The van der Waals surface area contributed by atoms with Gasteiger partial charge < -0.3 is 4.40 Å². The number of thiophene rings is 1. The van der Waals surface area contributed by atoms with E-state index in [9.17, 15) is 0 Å². The number of halogens is 1. The summed E-state index contributed by atoms with van der Waals surface area (Å²) in [6, 6.07) is 16.3. The number of thioether (sulfide) groups is 1. The van der Waals surface area contributed by atoms with E-state index in [-0.39, 0.29) is 0 Å². The Kier molecular flexibility index (Phi) is 4.32. The van der Waals surface area contributed by atoms with Crippen LogP contribution in [-0.4, -0.2) is 19.4 Å². The number of hydrogen-bond acceptors (Lipinski definition) is 5. The molecule has 0 aliphatic heterocycles. The Labute approximate surface area is 168 Å². The van der Waals surface area contributed by atoms with Crippen molar-refractivity contribution in [2.24, 2.45) is 0 Å². The molecule has 4 nitrogen and oxygen atoms in total. The van der Waals surface area contributed by atoms with Gasteiger partial charge in [0.05, 0.1) is 10.7 Å². The third kappa shape index (κ3) is 3.32. The fourth-order valence-corrected chi connectivity index (χ4v) is 5.02. The van der Waals surface area contributed by atoms with Crippen LogP contribution in [0.5, 0.6) is 0 Å². The molecule has 0 radical (unpaired) electrons. The molecule has 0 aliphatic carbocycles. The SMILES string of the molecule is Clc1ccc2nc(CSc3ncnc4sc(-c5ccccc5)cc34)cn2c1. The van der Waals surface area contributed by atoms with E-state index in [4.69, 9.17) is 11.6 Å². The van der Waals surface area contributed by atoms with Gasteiger partial charge in [-0.1, -0.05) is 53.7 Å². The van der Waals surface area contributed by atoms with Crippen LogP contribution in [0, 0.1) is 0 Å². The second kappa shape index (κ2) is 6.96. The number of nitrogens with zero attached hydrogens (tertiary/aromatic N) is 4. The van der Waals surface area contributed by atoms with E-state index in [1.807, 2.05) is 35.0 Å². The van der Waals surface area contributed by atoms with Crippen LogP contribution < -0.4 is 0 Å². The Morgan fingerprint density at radius 2 is 1.93 bits per heavy atom. The molecule has 0 fully saturated rings. The number of aromatic nitrogens is 4. The summed E-state index contributed by atoms with van der Waals surface area (Å²) in [4.78, 5) is 15.8. The number of pyridine rings is 1. The zero-order chi connectivity index (χ0) is 18.2. The normalized spacial score (nSPS) is 11.4. The van der Waals surface area contributed by atoms with Gasteiger partial charge in [0.25, 0.3) is 0 Å². The number of rotatable bonds is 4. The van der Waals surface area contributed by atoms with Gasteiger partial charge in [-0.25, -0.2) is 15.0 Å². The molecule has 4 heterocycles. The maximum absolute atomic E-state index is 6.05.